The van der Waals surface area contributed by atoms with Crippen LogP contribution in [0.1, 0.15) is 5.56 Å². The number of aliphatic carboxylic acids is 1. The Morgan fingerprint density at radius 1 is 1.17 bits per heavy atom. The van der Waals surface area contributed by atoms with Crippen LogP contribution in [-0.4, -0.2) is 23.2 Å². The molecule has 1 rings (SSSR count). The zero-order valence-electron chi connectivity index (χ0n) is 8.86. The number of hydrogen-bond donors (Lipinski definition) is 2. The molecule has 0 saturated carbocycles. The van der Waals surface area contributed by atoms with E-state index in [1.54, 1.807) is 18.2 Å². The van der Waals surface area contributed by atoms with Gasteiger partial charge in [-0.15, -0.1) is 0 Å². The lowest BCUT2D eigenvalue weighted by Gasteiger charge is -2.08. The Morgan fingerprint density at radius 2 is 1.72 bits per heavy atom. The van der Waals surface area contributed by atoms with E-state index in [9.17, 15) is 22.8 Å². The maximum atomic E-state index is 12.0. The summed E-state index contributed by atoms with van der Waals surface area (Å²) in [5.41, 5.74) is -0.485. The van der Waals surface area contributed by atoms with Crippen LogP contribution < -0.4 is 5.32 Å². The Kier molecular flexibility index (Phi) is 4.09. The minimum Gasteiger partial charge on any atom is -0.477 e. The fraction of sp³-hybridized carbons (Fsp3) is 0.0909. The van der Waals surface area contributed by atoms with E-state index in [-0.39, 0.29) is 0 Å². The molecule has 0 aliphatic carbocycles. The van der Waals surface area contributed by atoms with Crippen LogP contribution in [0.4, 0.5) is 13.2 Å². The van der Waals surface area contributed by atoms with Crippen LogP contribution in [-0.2, 0) is 9.59 Å². The number of hydrogen-bond acceptors (Lipinski definition) is 2. The van der Waals surface area contributed by atoms with Gasteiger partial charge in [-0.05, 0) is 11.6 Å². The Bertz CT molecular complexity index is 480. The molecule has 2 N–H and O–H groups in total. The number of amides is 1. The molecule has 0 fully saturated rings. The van der Waals surface area contributed by atoms with Crippen molar-refractivity contribution in [3.63, 3.8) is 0 Å². The van der Waals surface area contributed by atoms with Crippen molar-refractivity contribution in [3.05, 3.63) is 41.6 Å². The quantitative estimate of drug-likeness (QED) is 0.813. The van der Waals surface area contributed by atoms with Gasteiger partial charge in [0, 0.05) is 0 Å². The minimum absolute atomic E-state index is 0.359. The van der Waals surface area contributed by atoms with E-state index >= 15 is 0 Å². The highest BCUT2D eigenvalue weighted by molar-refractivity contribution is 5.98. The number of carbonyl (C=O) groups is 2. The van der Waals surface area contributed by atoms with Gasteiger partial charge in [-0.2, -0.15) is 13.2 Å². The number of halogens is 3. The number of carbonyl (C=O) groups excluding carboxylic acids is 1. The highest BCUT2D eigenvalue weighted by Crippen LogP contribution is 2.15. The molecule has 1 aromatic rings. The summed E-state index contributed by atoms with van der Waals surface area (Å²) in [7, 11) is 0. The van der Waals surface area contributed by atoms with Crippen LogP contribution in [0.15, 0.2) is 36.0 Å². The molecule has 0 atom stereocenters. The molecule has 0 heterocycles. The summed E-state index contributed by atoms with van der Waals surface area (Å²) in [6, 6.07) is 7.80. The van der Waals surface area contributed by atoms with Crippen molar-refractivity contribution >= 4 is 18.0 Å². The van der Waals surface area contributed by atoms with E-state index in [1.807, 2.05) is 0 Å². The van der Waals surface area contributed by atoms with E-state index in [2.05, 4.69) is 0 Å². The number of carboxylic acids is 1. The van der Waals surface area contributed by atoms with Crippen LogP contribution in [0.25, 0.3) is 6.08 Å². The van der Waals surface area contributed by atoms with E-state index in [0.29, 0.717) is 5.56 Å². The molecule has 1 amide bonds. The third-order valence-corrected chi connectivity index (χ3v) is 1.85. The molecule has 96 valence electrons. The van der Waals surface area contributed by atoms with Gasteiger partial charge in [0.15, 0.2) is 0 Å². The average molecular weight is 259 g/mol. The van der Waals surface area contributed by atoms with Gasteiger partial charge in [-0.3, -0.25) is 4.79 Å². The van der Waals surface area contributed by atoms with Crippen molar-refractivity contribution in [2.45, 2.75) is 6.18 Å². The molecule has 0 aromatic heterocycles. The molecule has 1 aromatic carbocycles. The van der Waals surface area contributed by atoms with Gasteiger partial charge in [0.25, 0.3) is 0 Å². The second-order valence-electron chi connectivity index (χ2n) is 3.23. The SMILES string of the molecule is O=C(O)C(=Cc1ccccc1)NC(=O)C(F)(F)F. The number of alkyl halides is 3. The minimum atomic E-state index is -5.13. The van der Waals surface area contributed by atoms with Gasteiger partial charge in [-0.1, -0.05) is 30.3 Å². The van der Waals surface area contributed by atoms with Gasteiger partial charge in [0.1, 0.15) is 5.70 Å². The second kappa shape index (κ2) is 5.35. The summed E-state index contributed by atoms with van der Waals surface area (Å²) in [5, 5.41) is 10.0. The Balaban J connectivity index is 2.95. The van der Waals surface area contributed by atoms with Crippen LogP contribution in [0.5, 0.6) is 0 Å². The monoisotopic (exact) mass is 259 g/mol. The fourth-order valence-corrected chi connectivity index (χ4v) is 1.06. The standard InChI is InChI=1S/C11H8F3NO3/c12-11(13,14)10(18)15-8(9(16)17)6-7-4-2-1-3-5-7/h1-6H,(H,15,18)(H,16,17). The van der Waals surface area contributed by atoms with Gasteiger partial charge in [0.05, 0.1) is 0 Å². The van der Waals surface area contributed by atoms with E-state index < -0.39 is 23.7 Å². The van der Waals surface area contributed by atoms with Crippen molar-refractivity contribution in [2.24, 2.45) is 0 Å². The highest BCUT2D eigenvalue weighted by atomic mass is 19.4. The van der Waals surface area contributed by atoms with Crippen molar-refractivity contribution in [3.8, 4) is 0 Å². The third-order valence-electron chi connectivity index (χ3n) is 1.85. The molecular weight excluding hydrogens is 251 g/mol. The first-order chi connectivity index (χ1) is 8.30. The molecule has 0 aliphatic heterocycles. The topological polar surface area (TPSA) is 66.4 Å². The summed E-state index contributed by atoms with van der Waals surface area (Å²) in [6.07, 6.45) is -4.20. The molecule has 4 nitrogen and oxygen atoms in total. The molecule has 0 aliphatic rings. The Labute approximate surface area is 99.7 Å². The van der Waals surface area contributed by atoms with Crippen molar-refractivity contribution < 1.29 is 27.9 Å². The summed E-state index contributed by atoms with van der Waals surface area (Å²) < 4.78 is 35.9. The number of nitrogens with one attached hydrogen (secondary N) is 1. The molecule has 18 heavy (non-hydrogen) atoms. The first kappa shape index (κ1) is 13.8. The van der Waals surface area contributed by atoms with Crippen LogP contribution in [0, 0.1) is 0 Å². The zero-order chi connectivity index (χ0) is 13.8. The summed E-state index contributed by atoms with van der Waals surface area (Å²) >= 11 is 0. The lowest BCUT2D eigenvalue weighted by Crippen LogP contribution is -2.38. The molecule has 7 heteroatoms. The van der Waals surface area contributed by atoms with Crippen LogP contribution in [0.3, 0.4) is 0 Å². The Morgan fingerprint density at radius 3 is 2.17 bits per heavy atom. The first-order valence-corrected chi connectivity index (χ1v) is 4.69. The molecule has 0 unspecified atom stereocenters. The van der Waals surface area contributed by atoms with Gasteiger partial charge in [-0.25, -0.2) is 4.79 Å². The molecule has 0 spiro atoms. The number of rotatable bonds is 3. The summed E-state index contributed by atoms with van der Waals surface area (Å²) in [4.78, 5) is 21.3. The lowest BCUT2D eigenvalue weighted by atomic mass is 10.2. The van der Waals surface area contributed by atoms with Gasteiger partial charge >= 0.3 is 18.1 Å². The zero-order valence-corrected chi connectivity index (χ0v) is 8.86. The van der Waals surface area contributed by atoms with E-state index in [4.69, 9.17) is 5.11 Å². The van der Waals surface area contributed by atoms with Crippen molar-refractivity contribution in [1.29, 1.82) is 0 Å². The van der Waals surface area contributed by atoms with E-state index in [1.165, 1.54) is 17.4 Å². The van der Waals surface area contributed by atoms with Crippen molar-refractivity contribution in [1.82, 2.24) is 5.32 Å². The largest absolute Gasteiger partial charge is 0.477 e. The van der Waals surface area contributed by atoms with Crippen LogP contribution >= 0.6 is 0 Å². The van der Waals surface area contributed by atoms with Crippen LogP contribution in [0.2, 0.25) is 0 Å². The van der Waals surface area contributed by atoms with Gasteiger partial charge in [0.2, 0.25) is 0 Å². The number of carboxylic acid groups (broad SMARTS) is 1. The summed E-state index contributed by atoms with van der Waals surface area (Å²) in [6.45, 7) is 0. The normalized spacial score (nSPS) is 12.1. The maximum Gasteiger partial charge on any atom is 0.471 e. The lowest BCUT2D eigenvalue weighted by molar-refractivity contribution is -0.173. The molecule has 0 bridgehead atoms. The van der Waals surface area contributed by atoms with Gasteiger partial charge < -0.3 is 10.4 Å². The molecular formula is C11H8F3NO3. The van der Waals surface area contributed by atoms with Crippen molar-refractivity contribution in [2.75, 3.05) is 0 Å². The third kappa shape index (κ3) is 3.93. The average Bonchev–Trinajstić information content (AvgIpc) is 2.28. The predicted molar refractivity (Wildman–Crippen MR) is 56.3 cm³/mol. The second-order valence-corrected chi connectivity index (χ2v) is 3.23. The van der Waals surface area contributed by atoms with E-state index in [0.717, 1.165) is 6.08 Å². The Hall–Kier alpha value is -2.31. The molecule has 0 radical (unpaired) electrons. The maximum absolute atomic E-state index is 12.0. The first-order valence-electron chi connectivity index (χ1n) is 4.69. The molecule has 0 saturated heterocycles. The summed E-state index contributed by atoms with van der Waals surface area (Å²) in [5.74, 6) is -3.98. The highest BCUT2D eigenvalue weighted by Gasteiger charge is 2.39. The predicted octanol–water partition coefficient (Wildman–Crippen LogP) is 1.79. The smallest absolute Gasteiger partial charge is 0.471 e. The fourth-order valence-electron chi connectivity index (χ4n) is 1.06. The number of benzene rings is 1.